The van der Waals surface area contributed by atoms with Crippen molar-refractivity contribution in [2.45, 2.75) is 39.0 Å². The summed E-state index contributed by atoms with van der Waals surface area (Å²) in [5.41, 5.74) is 10.8. The highest BCUT2D eigenvalue weighted by atomic mass is 79.9. The molecule has 1 heteroatoms. The minimum absolute atomic E-state index is 1.07. The number of rotatable bonds is 0. The molecule has 0 unspecified atom stereocenters. The van der Waals surface area contributed by atoms with Crippen molar-refractivity contribution >= 4 is 22.0 Å². The van der Waals surface area contributed by atoms with Gasteiger partial charge < -0.3 is 0 Å². The molecule has 0 N–H and O–H groups in total. The highest BCUT2D eigenvalue weighted by Gasteiger charge is 2.19. The molecule has 0 nitrogen and oxygen atoms in total. The van der Waals surface area contributed by atoms with Crippen LogP contribution < -0.4 is 0 Å². The topological polar surface area (TPSA) is 0 Å². The van der Waals surface area contributed by atoms with E-state index in [0.29, 0.717) is 0 Å². The first-order chi connectivity index (χ1) is 7.75. The maximum atomic E-state index is 3.74. The molecule has 3 rings (SSSR count). The molecule has 2 aliphatic rings. The Balaban J connectivity index is 2.26. The van der Waals surface area contributed by atoms with E-state index in [4.69, 9.17) is 0 Å². The molecule has 0 fully saturated rings. The van der Waals surface area contributed by atoms with E-state index in [9.17, 15) is 0 Å². The first-order valence-electron chi connectivity index (χ1n) is 6.01. The molecule has 0 spiro atoms. The van der Waals surface area contributed by atoms with Crippen molar-refractivity contribution in [1.82, 2.24) is 0 Å². The Morgan fingerprint density at radius 3 is 2.75 bits per heavy atom. The highest BCUT2D eigenvalue weighted by Crippen LogP contribution is 2.35. The molecule has 0 heterocycles. The number of halogens is 1. The second-order valence-corrected chi connectivity index (χ2v) is 5.70. The van der Waals surface area contributed by atoms with Crippen LogP contribution in [0.1, 0.15) is 42.0 Å². The third-order valence-corrected chi connectivity index (χ3v) is 4.35. The fraction of sp³-hybridized carbons (Fsp3) is 0.400. The lowest BCUT2D eigenvalue weighted by Crippen LogP contribution is -2.09. The van der Waals surface area contributed by atoms with E-state index in [-0.39, 0.29) is 0 Å². The number of fused-ring (bicyclic) bond motifs is 3. The van der Waals surface area contributed by atoms with Crippen LogP contribution in [0.3, 0.4) is 0 Å². The summed E-state index contributed by atoms with van der Waals surface area (Å²) in [5.74, 6) is 0. The molecule has 0 bridgehead atoms. The molecule has 16 heavy (non-hydrogen) atoms. The van der Waals surface area contributed by atoms with Crippen LogP contribution in [-0.4, -0.2) is 0 Å². The van der Waals surface area contributed by atoms with Gasteiger partial charge in [0.05, 0.1) is 0 Å². The largest absolute Gasteiger partial charge is 0.121 e. The van der Waals surface area contributed by atoms with E-state index in [0.717, 1.165) is 6.42 Å². The molecule has 0 saturated carbocycles. The van der Waals surface area contributed by atoms with Crippen molar-refractivity contribution < 1.29 is 0 Å². The van der Waals surface area contributed by atoms with Crippen LogP contribution in [0.4, 0.5) is 0 Å². The predicted molar refractivity (Wildman–Crippen MR) is 71.7 cm³/mol. The lowest BCUT2D eigenvalue weighted by atomic mass is 9.83. The number of hydrogen-bond acceptors (Lipinski definition) is 0. The molecule has 1 aromatic rings. The molecule has 0 saturated heterocycles. The molecule has 0 amide bonds. The van der Waals surface area contributed by atoms with Crippen molar-refractivity contribution in [3.8, 4) is 0 Å². The van der Waals surface area contributed by atoms with E-state index in [1.54, 1.807) is 11.1 Å². The van der Waals surface area contributed by atoms with Crippen LogP contribution in [0.5, 0.6) is 0 Å². The van der Waals surface area contributed by atoms with E-state index < -0.39 is 0 Å². The fourth-order valence-corrected chi connectivity index (χ4v) is 3.55. The van der Waals surface area contributed by atoms with Gasteiger partial charge in [-0.2, -0.15) is 0 Å². The molecule has 0 aliphatic heterocycles. The second kappa shape index (κ2) is 3.91. The van der Waals surface area contributed by atoms with Crippen molar-refractivity contribution in [2.75, 3.05) is 0 Å². The summed E-state index contributed by atoms with van der Waals surface area (Å²) >= 11 is 3.74. The minimum atomic E-state index is 1.07. The summed E-state index contributed by atoms with van der Waals surface area (Å²) in [6.45, 7) is 2.16. The molecule has 82 valence electrons. The van der Waals surface area contributed by atoms with Crippen LogP contribution in [0, 0.1) is 0 Å². The van der Waals surface area contributed by atoms with Crippen molar-refractivity contribution in [3.05, 3.63) is 44.1 Å². The summed E-state index contributed by atoms with van der Waals surface area (Å²) in [6.07, 6.45) is 8.42. The summed E-state index contributed by atoms with van der Waals surface area (Å²) in [6, 6.07) is 2.32. The van der Waals surface area contributed by atoms with Crippen molar-refractivity contribution in [1.29, 1.82) is 0 Å². The third-order valence-electron chi connectivity index (χ3n) is 3.65. The zero-order valence-corrected chi connectivity index (χ0v) is 11.2. The molecule has 0 atom stereocenters. The van der Waals surface area contributed by atoms with Gasteiger partial charge in [0.1, 0.15) is 0 Å². The van der Waals surface area contributed by atoms with Crippen LogP contribution in [0.15, 0.2) is 21.8 Å². The van der Waals surface area contributed by atoms with E-state index in [1.165, 1.54) is 46.9 Å². The SMILES string of the molecule is CC1=C=Cc2c(cc(Br)c3c2CCCC3)C1. The summed E-state index contributed by atoms with van der Waals surface area (Å²) in [4.78, 5) is 0. The molecule has 2 aliphatic carbocycles. The highest BCUT2D eigenvalue weighted by molar-refractivity contribution is 9.10. The fourth-order valence-electron chi connectivity index (χ4n) is 2.84. The maximum Gasteiger partial charge on any atom is 0.0213 e. The molecular formula is C15H15Br. The lowest BCUT2D eigenvalue weighted by Gasteiger charge is -2.23. The summed E-state index contributed by atoms with van der Waals surface area (Å²) < 4.78 is 1.32. The molecule has 0 radical (unpaired) electrons. The number of allylic oxidation sites excluding steroid dienone is 1. The van der Waals surface area contributed by atoms with Crippen LogP contribution in [0.25, 0.3) is 6.08 Å². The minimum Gasteiger partial charge on any atom is -0.121 e. The van der Waals surface area contributed by atoms with Gasteiger partial charge in [0.15, 0.2) is 0 Å². The van der Waals surface area contributed by atoms with Gasteiger partial charge in [-0.05, 0) is 72.6 Å². The quantitative estimate of drug-likeness (QED) is 0.614. The van der Waals surface area contributed by atoms with Crippen molar-refractivity contribution in [3.63, 3.8) is 0 Å². The predicted octanol–water partition coefficient (Wildman–Crippen LogP) is 4.44. The van der Waals surface area contributed by atoms with Gasteiger partial charge in [-0.1, -0.05) is 15.9 Å². The third kappa shape index (κ3) is 1.59. The number of hydrogen-bond donors (Lipinski definition) is 0. The van der Waals surface area contributed by atoms with E-state index in [2.05, 4.69) is 40.7 Å². The van der Waals surface area contributed by atoms with Gasteiger partial charge in [-0.3, -0.25) is 0 Å². The zero-order chi connectivity index (χ0) is 11.1. The Morgan fingerprint density at radius 1 is 1.19 bits per heavy atom. The van der Waals surface area contributed by atoms with Gasteiger partial charge >= 0.3 is 0 Å². The average molecular weight is 275 g/mol. The first-order valence-corrected chi connectivity index (χ1v) is 6.80. The van der Waals surface area contributed by atoms with Crippen LogP contribution in [-0.2, 0) is 19.3 Å². The second-order valence-electron chi connectivity index (χ2n) is 4.84. The Labute approximate surface area is 105 Å². The molecule has 0 aromatic heterocycles. The zero-order valence-electron chi connectivity index (χ0n) is 9.57. The standard InChI is InChI=1S/C15H15Br/c1-10-6-7-12-11(8-10)9-15(16)14-5-3-2-4-13(12)14/h7,9H,2-5,8H2,1H3. The molecular weight excluding hydrogens is 260 g/mol. The van der Waals surface area contributed by atoms with Gasteiger partial charge in [0.2, 0.25) is 0 Å². The Bertz CT molecular complexity index is 517. The Hall–Kier alpha value is -0.780. The average Bonchev–Trinajstić information content (AvgIpc) is 2.29. The Morgan fingerprint density at radius 2 is 1.94 bits per heavy atom. The Kier molecular flexibility index (Phi) is 2.53. The first kappa shape index (κ1) is 10.4. The smallest absolute Gasteiger partial charge is 0.0213 e. The van der Waals surface area contributed by atoms with Crippen LogP contribution in [0.2, 0.25) is 0 Å². The monoisotopic (exact) mass is 274 g/mol. The molecule has 1 aromatic carbocycles. The van der Waals surface area contributed by atoms with Gasteiger partial charge in [0.25, 0.3) is 0 Å². The summed E-state index contributed by atoms with van der Waals surface area (Å²) in [7, 11) is 0. The van der Waals surface area contributed by atoms with Gasteiger partial charge in [-0.15, -0.1) is 5.73 Å². The number of benzene rings is 1. The van der Waals surface area contributed by atoms with Gasteiger partial charge in [0, 0.05) is 10.9 Å². The maximum absolute atomic E-state index is 3.74. The lowest BCUT2D eigenvalue weighted by molar-refractivity contribution is 0.680. The van der Waals surface area contributed by atoms with E-state index >= 15 is 0 Å². The van der Waals surface area contributed by atoms with E-state index in [1.807, 2.05) is 0 Å². The van der Waals surface area contributed by atoms with Crippen LogP contribution >= 0.6 is 15.9 Å². The van der Waals surface area contributed by atoms with Crippen molar-refractivity contribution in [2.24, 2.45) is 0 Å². The van der Waals surface area contributed by atoms with Gasteiger partial charge in [-0.25, -0.2) is 0 Å². The summed E-state index contributed by atoms with van der Waals surface area (Å²) in [5, 5.41) is 0. The normalized spacial score (nSPS) is 17.8.